The van der Waals surface area contributed by atoms with Crippen molar-refractivity contribution in [3.05, 3.63) is 17.8 Å². The van der Waals surface area contributed by atoms with E-state index in [9.17, 15) is 0 Å². The minimum absolute atomic E-state index is 0.624. The van der Waals surface area contributed by atoms with Crippen LogP contribution in [0.25, 0.3) is 0 Å². The Hall–Kier alpha value is -1.29. The van der Waals surface area contributed by atoms with Gasteiger partial charge in [-0.3, -0.25) is 0 Å². The lowest BCUT2D eigenvalue weighted by atomic mass is 10.1. The molecular weight excluding hydrogens is 192 g/mol. The van der Waals surface area contributed by atoms with Gasteiger partial charge in [0.15, 0.2) is 0 Å². The third-order valence-corrected chi connectivity index (χ3v) is 2.25. The van der Waals surface area contributed by atoms with E-state index in [0.717, 1.165) is 37.1 Å². The van der Waals surface area contributed by atoms with Gasteiger partial charge in [0.25, 0.3) is 0 Å². The number of aromatic nitrogens is 1. The van der Waals surface area contributed by atoms with Crippen LogP contribution in [0, 0.1) is 0 Å². The summed E-state index contributed by atoms with van der Waals surface area (Å²) >= 11 is 0. The maximum Gasteiger partial charge on any atom is 0.213 e. The molecule has 0 saturated heterocycles. The molecule has 1 aromatic rings. The highest BCUT2D eigenvalue weighted by Crippen LogP contribution is 2.22. The van der Waals surface area contributed by atoms with Gasteiger partial charge in [-0.2, -0.15) is 0 Å². The number of hydrogen-bond donors (Lipinski definition) is 1. The maximum atomic E-state index is 5.45. The zero-order valence-electron chi connectivity index (χ0n) is 9.32. The lowest BCUT2D eigenvalue weighted by molar-refractivity contribution is 0.383. The number of hydrogen-bond acceptors (Lipinski definition) is 4. The minimum Gasteiger partial charge on any atom is -0.495 e. The zero-order chi connectivity index (χ0) is 11.1. The molecule has 15 heavy (non-hydrogen) atoms. The summed E-state index contributed by atoms with van der Waals surface area (Å²) in [5, 5.41) is 0. The molecule has 0 radical (unpaired) electrons. The second kappa shape index (κ2) is 6.24. The summed E-state index contributed by atoms with van der Waals surface area (Å²) in [4.78, 5) is 4.08. The molecule has 0 amide bonds. The van der Waals surface area contributed by atoms with E-state index in [1.807, 2.05) is 6.07 Å². The van der Waals surface area contributed by atoms with Gasteiger partial charge in [0.1, 0.15) is 5.75 Å². The van der Waals surface area contributed by atoms with Crippen molar-refractivity contribution in [2.75, 3.05) is 20.8 Å². The maximum absolute atomic E-state index is 5.45. The van der Waals surface area contributed by atoms with Crippen LogP contribution in [0.2, 0.25) is 0 Å². The Morgan fingerprint density at radius 1 is 1.27 bits per heavy atom. The van der Waals surface area contributed by atoms with Crippen LogP contribution in [0.3, 0.4) is 0 Å². The smallest absolute Gasteiger partial charge is 0.213 e. The van der Waals surface area contributed by atoms with E-state index in [4.69, 9.17) is 15.2 Å². The standard InChI is InChI=1S/C11H18N2O2/c1-14-10-8-13-11(15-2)7-9(10)5-3-4-6-12/h7-8H,3-6,12H2,1-2H3. The molecule has 0 aromatic carbocycles. The summed E-state index contributed by atoms with van der Waals surface area (Å²) < 4.78 is 10.3. The van der Waals surface area contributed by atoms with E-state index >= 15 is 0 Å². The van der Waals surface area contributed by atoms with E-state index in [0.29, 0.717) is 5.88 Å². The van der Waals surface area contributed by atoms with Crippen LogP contribution < -0.4 is 15.2 Å². The fraction of sp³-hybridized carbons (Fsp3) is 0.545. The molecule has 1 rings (SSSR count). The molecule has 0 spiro atoms. The predicted molar refractivity (Wildman–Crippen MR) is 59.3 cm³/mol. The van der Waals surface area contributed by atoms with Crippen LogP contribution in [0.4, 0.5) is 0 Å². The van der Waals surface area contributed by atoms with Gasteiger partial charge in [0, 0.05) is 11.6 Å². The minimum atomic E-state index is 0.624. The average molecular weight is 210 g/mol. The molecule has 1 aromatic heterocycles. The van der Waals surface area contributed by atoms with E-state index in [2.05, 4.69) is 4.98 Å². The largest absolute Gasteiger partial charge is 0.495 e. The summed E-state index contributed by atoms with van der Waals surface area (Å²) in [5.41, 5.74) is 6.57. The van der Waals surface area contributed by atoms with Gasteiger partial charge in [0.2, 0.25) is 5.88 Å². The van der Waals surface area contributed by atoms with Crippen molar-refractivity contribution in [3.63, 3.8) is 0 Å². The number of unbranched alkanes of at least 4 members (excludes halogenated alkanes) is 1. The normalized spacial score (nSPS) is 10.1. The lowest BCUT2D eigenvalue weighted by Gasteiger charge is -2.09. The molecule has 2 N–H and O–H groups in total. The van der Waals surface area contributed by atoms with E-state index in [-0.39, 0.29) is 0 Å². The quantitative estimate of drug-likeness (QED) is 0.721. The monoisotopic (exact) mass is 210 g/mol. The van der Waals surface area contributed by atoms with Crippen molar-refractivity contribution < 1.29 is 9.47 Å². The first-order valence-corrected chi connectivity index (χ1v) is 5.08. The highest BCUT2D eigenvalue weighted by atomic mass is 16.5. The van der Waals surface area contributed by atoms with Gasteiger partial charge in [-0.25, -0.2) is 4.98 Å². The molecule has 0 fully saturated rings. The molecule has 0 unspecified atom stereocenters. The number of pyridine rings is 1. The summed E-state index contributed by atoms with van der Waals surface area (Å²) in [6.45, 7) is 0.727. The van der Waals surface area contributed by atoms with Crippen LogP contribution in [-0.4, -0.2) is 25.7 Å². The molecule has 1 heterocycles. The Morgan fingerprint density at radius 3 is 2.67 bits per heavy atom. The second-order valence-corrected chi connectivity index (χ2v) is 3.28. The van der Waals surface area contributed by atoms with Crippen molar-refractivity contribution in [1.82, 2.24) is 4.98 Å². The van der Waals surface area contributed by atoms with Gasteiger partial charge in [-0.05, 0) is 25.8 Å². The van der Waals surface area contributed by atoms with E-state index in [1.54, 1.807) is 20.4 Å². The molecule has 4 nitrogen and oxygen atoms in total. The molecule has 84 valence electrons. The van der Waals surface area contributed by atoms with Crippen molar-refractivity contribution in [1.29, 1.82) is 0 Å². The van der Waals surface area contributed by atoms with Gasteiger partial charge in [0.05, 0.1) is 20.4 Å². The van der Waals surface area contributed by atoms with E-state index < -0.39 is 0 Å². The molecule has 0 aliphatic carbocycles. The number of nitrogens with zero attached hydrogens (tertiary/aromatic N) is 1. The summed E-state index contributed by atoms with van der Waals surface area (Å²) in [6, 6.07) is 1.91. The Kier molecular flexibility index (Phi) is 4.90. The van der Waals surface area contributed by atoms with Gasteiger partial charge in [-0.1, -0.05) is 0 Å². The van der Waals surface area contributed by atoms with Crippen LogP contribution in [-0.2, 0) is 6.42 Å². The summed E-state index contributed by atoms with van der Waals surface area (Å²) in [7, 11) is 3.26. The molecule has 4 heteroatoms. The van der Waals surface area contributed by atoms with Crippen molar-refractivity contribution in [2.45, 2.75) is 19.3 Å². The van der Waals surface area contributed by atoms with E-state index in [1.165, 1.54) is 0 Å². The number of rotatable bonds is 6. The number of nitrogens with two attached hydrogens (primary N) is 1. The fourth-order valence-electron chi connectivity index (χ4n) is 1.41. The third kappa shape index (κ3) is 3.40. The number of methoxy groups -OCH3 is 2. The molecule has 0 bridgehead atoms. The topological polar surface area (TPSA) is 57.4 Å². The third-order valence-electron chi connectivity index (χ3n) is 2.25. The lowest BCUT2D eigenvalue weighted by Crippen LogP contribution is -2.00. The first kappa shape index (κ1) is 11.8. The SMILES string of the molecule is COc1cc(CCCCN)c(OC)cn1. The molecule has 0 saturated carbocycles. The Balaban J connectivity index is 2.72. The summed E-state index contributed by atoms with van der Waals surface area (Å²) in [5.74, 6) is 1.44. The Morgan fingerprint density at radius 2 is 2.07 bits per heavy atom. The molecule has 0 atom stereocenters. The first-order valence-electron chi connectivity index (χ1n) is 5.08. The van der Waals surface area contributed by atoms with Crippen LogP contribution in [0.1, 0.15) is 18.4 Å². The molecule has 0 aliphatic heterocycles. The second-order valence-electron chi connectivity index (χ2n) is 3.28. The van der Waals surface area contributed by atoms with Crippen LogP contribution in [0.5, 0.6) is 11.6 Å². The van der Waals surface area contributed by atoms with Crippen LogP contribution >= 0.6 is 0 Å². The number of aryl methyl sites for hydroxylation is 1. The first-order chi connectivity index (χ1) is 7.31. The highest BCUT2D eigenvalue weighted by molar-refractivity contribution is 5.34. The van der Waals surface area contributed by atoms with Crippen molar-refractivity contribution in [2.24, 2.45) is 5.73 Å². The van der Waals surface area contributed by atoms with Crippen molar-refractivity contribution in [3.8, 4) is 11.6 Å². The van der Waals surface area contributed by atoms with Crippen LogP contribution in [0.15, 0.2) is 12.3 Å². The fourth-order valence-corrected chi connectivity index (χ4v) is 1.41. The van der Waals surface area contributed by atoms with Gasteiger partial charge < -0.3 is 15.2 Å². The van der Waals surface area contributed by atoms with Gasteiger partial charge in [-0.15, -0.1) is 0 Å². The highest BCUT2D eigenvalue weighted by Gasteiger charge is 2.05. The molecular formula is C11H18N2O2. The molecule has 0 aliphatic rings. The predicted octanol–water partition coefficient (Wildman–Crippen LogP) is 1.38. The van der Waals surface area contributed by atoms with Gasteiger partial charge >= 0.3 is 0 Å². The number of ether oxygens (including phenoxy) is 2. The Labute approximate surface area is 90.4 Å². The van der Waals surface area contributed by atoms with Crippen molar-refractivity contribution >= 4 is 0 Å². The Bertz CT molecular complexity index is 303. The average Bonchev–Trinajstić information content (AvgIpc) is 2.29. The summed E-state index contributed by atoms with van der Waals surface area (Å²) in [6.07, 6.45) is 4.71. The zero-order valence-corrected chi connectivity index (χ0v) is 9.32.